The molecule has 2 aromatic rings. The van der Waals surface area contributed by atoms with Gasteiger partial charge >= 0.3 is 0 Å². The Bertz CT molecular complexity index is 666. The average molecular weight is 298 g/mol. The molecule has 1 N–H and O–H groups in total. The van der Waals surface area contributed by atoms with E-state index in [0.717, 1.165) is 16.9 Å². The Morgan fingerprint density at radius 3 is 2.77 bits per heavy atom. The fraction of sp³-hybridized carbons (Fsp3) is 0.333. The Labute approximate surface area is 131 Å². The van der Waals surface area contributed by atoms with Crippen LogP contribution in [0.5, 0.6) is 5.75 Å². The first-order valence-corrected chi connectivity index (χ1v) is 7.42. The maximum atomic E-state index is 12.0. The van der Waals surface area contributed by atoms with Crippen molar-refractivity contribution in [2.24, 2.45) is 0 Å². The lowest BCUT2D eigenvalue weighted by Crippen LogP contribution is -2.21. The molecular weight excluding hydrogens is 276 g/mol. The number of pyridine rings is 1. The van der Waals surface area contributed by atoms with Crippen LogP contribution in [0, 0.1) is 13.8 Å². The zero-order chi connectivity index (χ0) is 16.1. The quantitative estimate of drug-likeness (QED) is 0.912. The molecule has 4 nitrogen and oxygen atoms in total. The number of benzene rings is 1. The third kappa shape index (κ3) is 4.07. The van der Waals surface area contributed by atoms with Crippen molar-refractivity contribution in [1.82, 2.24) is 4.98 Å². The number of carbonyl (C=O) groups is 1. The number of nitrogens with one attached hydrogen (secondary N) is 1. The number of aryl methyl sites for hydroxylation is 1. The summed E-state index contributed by atoms with van der Waals surface area (Å²) in [6.45, 7) is 8.09. The van der Waals surface area contributed by atoms with Crippen molar-refractivity contribution in [1.29, 1.82) is 0 Å². The van der Waals surface area contributed by atoms with E-state index in [2.05, 4.69) is 30.2 Å². The van der Waals surface area contributed by atoms with Gasteiger partial charge in [0.25, 0.3) is 5.91 Å². The number of hydrogen-bond donors (Lipinski definition) is 1. The van der Waals surface area contributed by atoms with Gasteiger partial charge in [0.2, 0.25) is 0 Å². The molecule has 0 unspecified atom stereocenters. The van der Waals surface area contributed by atoms with Crippen molar-refractivity contribution in [3.05, 3.63) is 53.3 Å². The Balaban J connectivity index is 1.96. The first-order valence-electron chi connectivity index (χ1n) is 7.42. The molecule has 0 atom stereocenters. The molecule has 0 aliphatic carbocycles. The van der Waals surface area contributed by atoms with E-state index in [1.165, 1.54) is 5.56 Å². The second-order valence-corrected chi connectivity index (χ2v) is 5.63. The highest BCUT2D eigenvalue weighted by Gasteiger charge is 2.08. The molecule has 1 amide bonds. The second kappa shape index (κ2) is 7.07. The van der Waals surface area contributed by atoms with Gasteiger partial charge in [-0.05, 0) is 49.1 Å². The lowest BCUT2D eigenvalue weighted by Gasteiger charge is -2.12. The van der Waals surface area contributed by atoms with Crippen LogP contribution in [0.1, 0.15) is 36.6 Å². The van der Waals surface area contributed by atoms with Crippen LogP contribution in [0.3, 0.4) is 0 Å². The number of carbonyl (C=O) groups excluding carboxylic acids is 1. The van der Waals surface area contributed by atoms with E-state index < -0.39 is 0 Å². The monoisotopic (exact) mass is 298 g/mol. The van der Waals surface area contributed by atoms with Crippen LogP contribution in [-0.2, 0) is 4.79 Å². The highest BCUT2D eigenvalue weighted by molar-refractivity contribution is 5.92. The molecule has 116 valence electrons. The minimum atomic E-state index is -0.177. The molecule has 1 heterocycles. The highest BCUT2D eigenvalue weighted by atomic mass is 16.5. The molecule has 1 aromatic carbocycles. The number of amides is 1. The fourth-order valence-corrected chi connectivity index (χ4v) is 2.07. The van der Waals surface area contributed by atoms with Gasteiger partial charge in [-0.25, -0.2) is 0 Å². The first kappa shape index (κ1) is 16.0. The van der Waals surface area contributed by atoms with Crippen molar-refractivity contribution in [3.63, 3.8) is 0 Å². The third-order valence-electron chi connectivity index (χ3n) is 3.62. The summed E-state index contributed by atoms with van der Waals surface area (Å²) in [5.74, 6) is 0.965. The molecule has 0 bridgehead atoms. The molecule has 0 fully saturated rings. The van der Waals surface area contributed by atoms with Gasteiger partial charge in [-0.3, -0.25) is 9.78 Å². The number of hydrogen-bond acceptors (Lipinski definition) is 3. The molecule has 0 saturated heterocycles. The molecule has 22 heavy (non-hydrogen) atoms. The van der Waals surface area contributed by atoms with Crippen LogP contribution in [0.4, 0.5) is 5.69 Å². The molecule has 2 rings (SSSR count). The summed E-state index contributed by atoms with van der Waals surface area (Å²) in [5.41, 5.74) is 3.84. The number of nitrogens with zero attached hydrogens (tertiary/aromatic N) is 1. The van der Waals surface area contributed by atoms with Crippen LogP contribution >= 0.6 is 0 Å². The van der Waals surface area contributed by atoms with Crippen LogP contribution < -0.4 is 10.1 Å². The number of rotatable bonds is 5. The summed E-state index contributed by atoms with van der Waals surface area (Å²) in [6.07, 6.45) is 1.69. The molecule has 0 saturated carbocycles. The highest BCUT2D eigenvalue weighted by Crippen LogP contribution is 2.20. The number of ether oxygens (including phenoxy) is 1. The lowest BCUT2D eigenvalue weighted by molar-refractivity contribution is -0.118. The summed E-state index contributed by atoms with van der Waals surface area (Å²) in [6, 6.07) is 9.63. The van der Waals surface area contributed by atoms with Crippen molar-refractivity contribution in [2.45, 2.75) is 33.6 Å². The summed E-state index contributed by atoms with van der Waals surface area (Å²) in [7, 11) is 0. The van der Waals surface area contributed by atoms with E-state index in [9.17, 15) is 4.79 Å². The molecule has 0 aliphatic heterocycles. The normalized spacial score (nSPS) is 10.6. The summed E-state index contributed by atoms with van der Waals surface area (Å²) >= 11 is 0. The van der Waals surface area contributed by atoms with Gasteiger partial charge in [0.15, 0.2) is 6.61 Å². The van der Waals surface area contributed by atoms with Gasteiger partial charge in [0.05, 0.1) is 0 Å². The van der Waals surface area contributed by atoms with Gasteiger partial charge in [-0.15, -0.1) is 0 Å². The Hall–Kier alpha value is -2.36. The van der Waals surface area contributed by atoms with E-state index in [-0.39, 0.29) is 12.5 Å². The van der Waals surface area contributed by atoms with E-state index in [1.807, 2.05) is 32.0 Å². The Kier molecular flexibility index (Phi) is 5.15. The lowest BCUT2D eigenvalue weighted by atomic mass is 10.0. The van der Waals surface area contributed by atoms with E-state index in [1.54, 1.807) is 12.3 Å². The summed E-state index contributed by atoms with van der Waals surface area (Å²) < 4.78 is 5.57. The number of aromatic nitrogens is 1. The second-order valence-electron chi connectivity index (χ2n) is 5.63. The van der Waals surface area contributed by atoms with Gasteiger partial charge in [0.1, 0.15) is 5.75 Å². The fourth-order valence-electron chi connectivity index (χ4n) is 2.07. The predicted molar refractivity (Wildman–Crippen MR) is 88.4 cm³/mol. The van der Waals surface area contributed by atoms with Crippen molar-refractivity contribution < 1.29 is 9.53 Å². The predicted octanol–water partition coefficient (Wildman–Crippen LogP) is 3.84. The smallest absolute Gasteiger partial charge is 0.262 e. The summed E-state index contributed by atoms with van der Waals surface area (Å²) in [5, 5.41) is 2.85. The van der Waals surface area contributed by atoms with Crippen LogP contribution in [0.25, 0.3) is 0 Å². The molecular formula is C18H22N2O2. The van der Waals surface area contributed by atoms with E-state index in [4.69, 9.17) is 4.74 Å². The number of anilines is 1. The zero-order valence-electron chi connectivity index (χ0n) is 13.5. The van der Waals surface area contributed by atoms with Crippen LogP contribution in [0.15, 0.2) is 36.5 Å². The molecule has 0 aliphatic rings. The largest absolute Gasteiger partial charge is 0.484 e. The van der Waals surface area contributed by atoms with Gasteiger partial charge in [-0.2, -0.15) is 0 Å². The molecule has 0 radical (unpaired) electrons. The van der Waals surface area contributed by atoms with Crippen LogP contribution in [-0.4, -0.2) is 17.5 Å². The maximum absolute atomic E-state index is 12.0. The zero-order valence-corrected chi connectivity index (χ0v) is 13.5. The third-order valence-corrected chi connectivity index (χ3v) is 3.62. The molecule has 1 aromatic heterocycles. The van der Waals surface area contributed by atoms with Crippen molar-refractivity contribution in [3.8, 4) is 5.75 Å². The van der Waals surface area contributed by atoms with Gasteiger partial charge in [-0.1, -0.05) is 26.0 Å². The van der Waals surface area contributed by atoms with Crippen molar-refractivity contribution >= 4 is 11.6 Å². The molecule has 4 heteroatoms. The topological polar surface area (TPSA) is 51.2 Å². The van der Waals surface area contributed by atoms with Crippen molar-refractivity contribution in [2.75, 3.05) is 11.9 Å². The summed E-state index contributed by atoms with van der Waals surface area (Å²) in [4.78, 5) is 16.2. The SMILES string of the molecule is Cc1nccc(NC(=O)COc2cccc(C(C)C)c2)c1C. The maximum Gasteiger partial charge on any atom is 0.262 e. The minimum Gasteiger partial charge on any atom is -0.484 e. The standard InChI is InChI=1S/C18H22N2O2/c1-12(2)15-6-5-7-16(10-15)22-11-18(21)20-17-8-9-19-14(4)13(17)3/h5-10,12H,11H2,1-4H3,(H,19,20,21). The Morgan fingerprint density at radius 1 is 1.27 bits per heavy atom. The minimum absolute atomic E-state index is 0.0115. The van der Waals surface area contributed by atoms with Gasteiger partial charge in [0, 0.05) is 17.6 Å². The van der Waals surface area contributed by atoms with E-state index in [0.29, 0.717) is 11.7 Å². The molecule has 0 spiro atoms. The van der Waals surface area contributed by atoms with Crippen LogP contribution in [0.2, 0.25) is 0 Å². The Morgan fingerprint density at radius 2 is 2.05 bits per heavy atom. The van der Waals surface area contributed by atoms with Gasteiger partial charge < -0.3 is 10.1 Å². The van der Waals surface area contributed by atoms with E-state index >= 15 is 0 Å². The first-order chi connectivity index (χ1) is 10.5. The average Bonchev–Trinajstić information content (AvgIpc) is 2.50.